The van der Waals surface area contributed by atoms with Crippen LogP contribution in [0, 0.1) is 6.10 Å². The van der Waals surface area contributed by atoms with Crippen LogP contribution in [0.2, 0.25) is 0 Å². The standard InChI is InChI=1S/C14H29O/c1-3-5-6-7-8-9-10-11-12-13-14(15)4-2/h15H,3-13H2,1-2H3. The Hall–Kier alpha value is -0.0400. The van der Waals surface area contributed by atoms with Crippen LogP contribution >= 0.6 is 0 Å². The van der Waals surface area contributed by atoms with Crippen LogP contribution in [0.3, 0.4) is 0 Å². The van der Waals surface area contributed by atoms with Gasteiger partial charge in [0.05, 0.1) is 6.10 Å². The summed E-state index contributed by atoms with van der Waals surface area (Å²) in [5, 5.41) is 9.27. The van der Waals surface area contributed by atoms with Crippen LogP contribution in [0.1, 0.15) is 84.5 Å². The first-order valence-electron chi connectivity index (χ1n) is 6.84. The molecule has 91 valence electrons. The van der Waals surface area contributed by atoms with Gasteiger partial charge in [0.15, 0.2) is 0 Å². The predicted molar refractivity (Wildman–Crippen MR) is 67.3 cm³/mol. The van der Waals surface area contributed by atoms with E-state index in [-0.39, 0.29) is 0 Å². The zero-order valence-corrected chi connectivity index (χ0v) is 10.7. The lowest BCUT2D eigenvalue weighted by Gasteiger charge is -2.05. The highest BCUT2D eigenvalue weighted by molar-refractivity contribution is 4.71. The van der Waals surface area contributed by atoms with E-state index in [4.69, 9.17) is 0 Å². The first kappa shape index (κ1) is 15.0. The highest BCUT2D eigenvalue weighted by Gasteiger charge is 2.00. The maximum Gasteiger partial charge on any atom is 0.0930 e. The van der Waals surface area contributed by atoms with Gasteiger partial charge in [0.1, 0.15) is 0 Å². The second-order valence-corrected chi connectivity index (χ2v) is 4.50. The third kappa shape index (κ3) is 11.9. The molecule has 1 radical (unpaired) electrons. The molecular formula is C14H29O. The molecule has 0 saturated heterocycles. The quantitative estimate of drug-likeness (QED) is 0.466. The molecule has 1 N–H and O–H groups in total. The maximum atomic E-state index is 9.27. The van der Waals surface area contributed by atoms with Gasteiger partial charge in [-0.05, 0) is 12.8 Å². The summed E-state index contributed by atoms with van der Waals surface area (Å²) in [5.74, 6) is 0. The van der Waals surface area contributed by atoms with E-state index in [1.807, 2.05) is 6.92 Å². The van der Waals surface area contributed by atoms with Gasteiger partial charge >= 0.3 is 0 Å². The van der Waals surface area contributed by atoms with E-state index < -0.39 is 0 Å². The molecule has 0 fully saturated rings. The molecule has 1 nitrogen and oxygen atoms in total. The van der Waals surface area contributed by atoms with E-state index in [0.717, 1.165) is 12.8 Å². The molecule has 15 heavy (non-hydrogen) atoms. The summed E-state index contributed by atoms with van der Waals surface area (Å²) in [5.41, 5.74) is 0. The van der Waals surface area contributed by atoms with Crippen molar-refractivity contribution in [2.75, 3.05) is 0 Å². The minimum atomic E-state index is 0.679. The van der Waals surface area contributed by atoms with Crippen LogP contribution in [0.4, 0.5) is 0 Å². The van der Waals surface area contributed by atoms with Gasteiger partial charge in [-0.3, -0.25) is 0 Å². The molecule has 0 aromatic carbocycles. The summed E-state index contributed by atoms with van der Waals surface area (Å²) >= 11 is 0. The molecule has 0 atom stereocenters. The van der Waals surface area contributed by atoms with Gasteiger partial charge in [0, 0.05) is 0 Å². The lowest BCUT2D eigenvalue weighted by molar-refractivity contribution is 0.268. The molecule has 0 aromatic heterocycles. The lowest BCUT2D eigenvalue weighted by atomic mass is 10.0. The Morgan fingerprint density at radius 3 is 1.67 bits per heavy atom. The fourth-order valence-corrected chi connectivity index (χ4v) is 1.82. The molecule has 0 spiro atoms. The monoisotopic (exact) mass is 213 g/mol. The molecule has 0 aliphatic carbocycles. The Labute approximate surface area is 96.3 Å². The third-order valence-electron chi connectivity index (χ3n) is 2.98. The molecule has 0 unspecified atom stereocenters. The molecule has 0 aromatic rings. The minimum absolute atomic E-state index is 0.679. The lowest BCUT2D eigenvalue weighted by Crippen LogP contribution is -1.93. The highest BCUT2D eigenvalue weighted by atomic mass is 16.3. The molecule has 0 rings (SSSR count). The second kappa shape index (κ2) is 12.0. The Bertz CT molecular complexity index is 112. The molecule has 0 saturated carbocycles. The third-order valence-corrected chi connectivity index (χ3v) is 2.98. The SMILES string of the molecule is CCCCCCCCCCC[C](O)CC. The summed E-state index contributed by atoms with van der Waals surface area (Å²) < 4.78 is 0. The first-order valence-corrected chi connectivity index (χ1v) is 6.84. The van der Waals surface area contributed by atoms with Crippen molar-refractivity contribution < 1.29 is 5.11 Å². The van der Waals surface area contributed by atoms with Crippen LogP contribution in [0.15, 0.2) is 0 Å². The average molecular weight is 213 g/mol. The fraction of sp³-hybridized carbons (Fsp3) is 0.929. The maximum absolute atomic E-state index is 9.27. The Morgan fingerprint density at radius 2 is 1.20 bits per heavy atom. The topological polar surface area (TPSA) is 20.2 Å². The van der Waals surface area contributed by atoms with Gasteiger partial charge < -0.3 is 5.11 Å². The van der Waals surface area contributed by atoms with E-state index in [9.17, 15) is 5.11 Å². The van der Waals surface area contributed by atoms with Crippen LogP contribution in [-0.4, -0.2) is 5.11 Å². The van der Waals surface area contributed by atoms with Crippen molar-refractivity contribution in [3.8, 4) is 0 Å². The normalized spacial score (nSPS) is 11.2. The van der Waals surface area contributed by atoms with Gasteiger partial charge in [0.2, 0.25) is 0 Å². The molecule has 0 heterocycles. The van der Waals surface area contributed by atoms with E-state index in [1.165, 1.54) is 57.8 Å². The van der Waals surface area contributed by atoms with Crippen molar-refractivity contribution in [2.24, 2.45) is 0 Å². The Morgan fingerprint density at radius 1 is 0.733 bits per heavy atom. The summed E-state index contributed by atoms with van der Waals surface area (Å²) in [4.78, 5) is 0. The van der Waals surface area contributed by atoms with E-state index in [0.29, 0.717) is 6.10 Å². The van der Waals surface area contributed by atoms with Gasteiger partial charge in [-0.25, -0.2) is 0 Å². The second-order valence-electron chi connectivity index (χ2n) is 4.50. The Balaban J connectivity index is 2.92. The number of rotatable bonds is 11. The molecular weight excluding hydrogens is 184 g/mol. The van der Waals surface area contributed by atoms with Crippen molar-refractivity contribution >= 4 is 0 Å². The molecule has 0 aliphatic heterocycles. The minimum Gasteiger partial charge on any atom is -0.387 e. The Kier molecular flexibility index (Phi) is 12.0. The number of aliphatic hydroxyl groups excluding tert-OH is 1. The van der Waals surface area contributed by atoms with Crippen molar-refractivity contribution in [2.45, 2.75) is 84.5 Å². The smallest absolute Gasteiger partial charge is 0.0930 e. The fourth-order valence-electron chi connectivity index (χ4n) is 1.82. The van der Waals surface area contributed by atoms with Crippen molar-refractivity contribution in [3.05, 3.63) is 6.10 Å². The molecule has 0 bridgehead atoms. The van der Waals surface area contributed by atoms with Crippen LogP contribution in [0.25, 0.3) is 0 Å². The van der Waals surface area contributed by atoms with Crippen LogP contribution < -0.4 is 0 Å². The van der Waals surface area contributed by atoms with Crippen molar-refractivity contribution in [1.82, 2.24) is 0 Å². The first-order chi connectivity index (χ1) is 7.31. The van der Waals surface area contributed by atoms with E-state index in [1.54, 1.807) is 0 Å². The molecule has 1 heteroatoms. The summed E-state index contributed by atoms with van der Waals surface area (Å²) in [6.45, 7) is 4.28. The highest BCUT2D eigenvalue weighted by Crippen LogP contribution is 2.14. The number of hydrogen-bond acceptors (Lipinski definition) is 1. The summed E-state index contributed by atoms with van der Waals surface area (Å²) in [6, 6.07) is 0. The van der Waals surface area contributed by atoms with Gasteiger partial charge in [-0.1, -0.05) is 71.6 Å². The summed E-state index contributed by atoms with van der Waals surface area (Å²) in [6.07, 6.45) is 14.6. The van der Waals surface area contributed by atoms with Crippen LogP contribution in [-0.2, 0) is 0 Å². The summed E-state index contributed by atoms with van der Waals surface area (Å²) in [7, 11) is 0. The molecule has 0 amide bonds. The largest absolute Gasteiger partial charge is 0.387 e. The number of hydrogen-bond donors (Lipinski definition) is 1. The number of aliphatic hydroxyl groups is 1. The van der Waals surface area contributed by atoms with E-state index >= 15 is 0 Å². The van der Waals surface area contributed by atoms with Crippen molar-refractivity contribution in [1.29, 1.82) is 0 Å². The zero-order chi connectivity index (χ0) is 11.4. The molecule has 0 aliphatic rings. The van der Waals surface area contributed by atoms with Crippen molar-refractivity contribution in [3.63, 3.8) is 0 Å². The zero-order valence-electron chi connectivity index (χ0n) is 10.7. The van der Waals surface area contributed by atoms with Gasteiger partial charge in [-0.2, -0.15) is 0 Å². The number of unbranched alkanes of at least 4 members (excludes halogenated alkanes) is 8. The average Bonchev–Trinajstić information content (AvgIpc) is 2.26. The van der Waals surface area contributed by atoms with Gasteiger partial charge in [0.25, 0.3) is 0 Å². The van der Waals surface area contributed by atoms with Crippen LogP contribution in [0.5, 0.6) is 0 Å². The van der Waals surface area contributed by atoms with E-state index in [2.05, 4.69) is 6.92 Å². The predicted octanol–water partition coefficient (Wildman–Crippen LogP) is 5.22. The van der Waals surface area contributed by atoms with Gasteiger partial charge in [-0.15, -0.1) is 0 Å².